The van der Waals surface area contributed by atoms with Crippen LogP contribution in [0.4, 0.5) is 0 Å². The number of nitrogens with one attached hydrogen (secondary N) is 1. The minimum Gasteiger partial charge on any atom is -0.489 e. The zero-order valence-corrected chi connectivity index (χ0v) is 13.4. The van der Waals surface area contributed by atoms with Crippen LogP contribution in [0, 0.1) is 5.92 Å². The van der Waals surface area contributed by atoms with Crippen molar-refractivity contribution in [3.05, 3.63) is 64.2 Å². The minimum absolute atomic E-state index is 0.557. The van der Waals surface area contributed by atoms with Gasteiger partial charge in [0.25, 0.3) is 0 Å². The Bertz CT molecular complexity index is 700. The first-order valence-corrected chi connectivity index (χ1v) is 8.32. The highest BCUT2D eigenvalue weighted by Crippen LogP contribution is 2.48. The largest absolute Gasteiger partial charge is 0.489 e. The van der Waals surface area contributed by atoms with E-state index in [0.29, 0.717) is 18.4 Å². The van der Waals surface area contributed by atoms with E-state index in [2.05, 4.69) is 30.4 Å². The molecule has 3 atom stereocenters. The SMILES string of the molecule is CC1c2ccc(OCc3cccc(Cl)c3)cc2C2CNCC12. The molecule has 114 valence electrons. The van der Waals surface area contributed by atoms with E-state index in [1.165, 1.54) is 11.1 Å². The van der Waals surface area contributed by atoms with Crippen LogP contribution in [0.2, 0.25) is 5.02 Å². The summed E-state index contributed by atoms with van der Waals surface area (Å²) >= 11 is 6.02. The maximum Gasteiger partial charge on any atom is 0.120 e. The Morgan fingerprint density at radius 3 is 2.91 bits per heavy atom. The molecule has 0 aromatic heterocycles. The molecule has 2 aliphatic rings. The lowest BCUT2D eigenvalue weighted by molar-refractivity contribution is 0.306. The summed E-state index contributed by atoms with van der Waals surface area (Å²) in [5, 5.41) is 4.28. The van der Waals surface area contributed by atoms with Crippen LogP contribution < -0.4 is 10.1 Å². The number of rotatable bonds is 3. The lowest BCUT2D eigenvalue weighted by Gasteiger charge is -2.12. The first-order chi connectivity index (χ1) is 10.7. The van der Waals surface area contributed by atoms with Crippen LogP contribution in [0.15, 0.2) is 42.5 Å². The number of fused-ring (bicyclic) bond motifs is 3. The highest BCUT2D eigenvalue weighted by atomic mass is 35.5. The van der Waals surface area contributed by atoms with E-state index < -0.39 is 0 Å². The maximum atomic E-state index is 6.02. The lowest BCUT2D eigenvalue weighted by atomic mass is 9.91. The predicted molar refractivity (Wildman–Crippen MR) is 89.7 cm³/mol. The highest BCUT2D eigenvalue weighted by Gasteiger charge is 2.41. The summed E-state index contributed by atoms with van der Waals surface area (Å²) in [7, 11) is 0. The van der Waals surface area contributed by atoms with Crippen LogP contribution in [-0.2, 0) is 6.61 Å². The summed E-state index contributed by atoms with van der Waals surface area (Å²) < 4.78 is 5.98. The van der Waals surface area contributed by atoms with Crippen molar-refractivity contribution in [3.63, 3.8) is 0 Å². The molecule has 0 amide bonds. The maximum absolute atomic E-state index is 6.02. The molecule has 22 heavy (non-hydrogen) atoms. The van der Waals surface area contributed by atoms with E-state index in [-0.39, 0.29) is 0 Å². The molecule has 1 N–H and O–H groups in total. The third-order valence-electron chi connectivity index (χ3n) is 5.15. The number of hydrogen-bond acceptors (Lipinski definition) is 2. The molecule has 4 rings (SSSR count). The molecular formula is C19H20ClNO. The van der Waals surface area contributed by atoms with E-state index >= 15 is 0 Å². The molecule has 1 aliphatic carbocycles. The standard InChI is InChI=1S/C19H20ClNO/c1-12-16-6-5-15(8-17(16)19-10-21-9-18(12)19)22-11-13-3-2-4-14(20)7-13/h2-8,12,18-19,21H,9-11H2,1H3. The Labute approximate surface area is 136 Å². The van der Waals surface area contributed by atoms with Crippen molar-refractivity contribution in [3.8, 4) is 5.75 Å². The Morgan fingerprint density at radius 2 is 2.05 bits per heavy atom. The van der Waals surface area contributed by atoms with Gasteiger partial charge in [-0.15, -0.1) is 0 Å². The van der Waals surface area contributed by atoms with Crippen LogP contribution in [0.3, 0.4) is 0 Å². The number of benzene rings is 2. The normalized spacial score (nSPS) is 25.8. The van der Waals surface area contributed by atoms with E-state index in [9.17, 15) is 0 Å². The van der Waals surface area contributed by atoms with Gasteiger partial charge >= 0.3 is 0 Å². The summed E-state index contributed by atoms with van der Waals surface area (Å²) in [6, 6.07) is 14.4. The van der Waals surface area contributed by atoms with Crippen LogP contribution in [0.5, 0.6) is 5.75 Å². The summed E-state index contributed by atoms with van der Waals surface area (Å²) in [5.74, 6) is 3.01. The van der Waals surface area contributed by atoms with Gasteiger partial charge in [-0.25, -0.2) is 0 Å². The molecular weight excluding hydrogens is 294 g/mol. The third kappa shape index (κ3) is 2.41. The first-order valence-electron chi connectivity index (χ1n) is 7.94. The van der Waals surface area contributed by atoms with Crippen molar-refractivity contribution in [1.29, 1.82) is 0 Å². The topological polar surface area (TPSA) is 21.3 Å². The van der Waals surface area contributed by atoms with Crippen molar-refractivity contribution in [2.75, 3.05) is 13.1 Å². The van der Waals surface area contributed by atoms with Crippen LogP contribution in [0.25, 0.3) is 0 Å². The molecule has 1 aliphatic heterocycles. The molecule has 3 heteroatoms. The van der Waals surface area contributed by atoms with Gasteiger partial charge in [-0.05, 0) is 59.3 Å². The fourth-order valence-electron chi connectivity index (χ4n) is 3.97. The van der Waals surface area contributed by atoms with Gasteiger partial charge < -0.3 is 10.1 Å². The van der Waals surface area contributed by atoms with E-state index in [0.717, 1.165) is 35.3 Å². The van der Waals surface area contributed by atoms with Crippen LogP contribution in [0.1, 0.15) is 35.4 Å². The Morgan fingerprint density at radius 1 is 1.14 bits per heavy atom. The van der Waals surface area contributed by atoms with Gasteiger partial charge in [0.1, 0.15) is 12.4 Å². The summed E-state index contributed by atoms with van der Waals surface area (Å²) in [4.78, 5) is 0. The van der Waals surface area contributed by atoms with Crippen molar-refractivity contribution in [2.24, 2.45) is 5.92 Å². The monoisotopic (exact) mass is 313 g/mol. The number of halogens is 1. The zero-order valence-electron chi connectivity index (χ0n) is 12.7. The minimum atomic E-state index is 0.557. The van der Waals surface area contributed by atoms with E-state index in [1.807, 2.05) is 24.3 Å². The molecule has 2 nitrogen and oxygen atoms in total. The van der Waals surface area contributed by atoms with Gasteiger partial charge in [-0.3, -0.25) is 0 Å². The molecule has 1 fully saturated rings. The van der Waals surface area contributed by atoms with E-state index in [4.69, 9.17) is 16.3 Å². The molecule has 2 aromatic carbocycles. The molecule has 0 radical (unpaired) electrons. The van der Waals surface area contributed by atoms with Crippen molar-refractivity contribution in [1.82, 2.24) is 5.32 Å². The second-order valence-electron chi connectivity index (χ2n) is 6.43. The number of hydrogen-bond donors (Lipinski definition) is 1. The summed E-state index contributed by atoms with van der Waals surface area (Å²) in [6.07, 6.45) is 0. The zero-order chi connectivity index (χ0) is 15.1. The fourth-order valence-corrected chi connectivity index (χ4v) is 4.18. The predicted octanol–water partition coefficient (Wildman–Crippen LogP) is 4.34. The van der Waals surface area contributed by atoms with Gasteiger partial charge in [0, 0.05) is 17.5 Å². The molecule has 1 saturated heterocycles. The Balaban J connectivity index is 1.54. The average molecular weight is 314 g/mol. The molecule has 2 aromatic rings. The molecule has 0 spiro atoms. The van der Waals surface area contributed by atoms with Gasteiger partial charge in [-0.1, -0.05) is 36.7 Å². The number of ether oxygens (including phenoxy) is 1. The van der Waals surface area contributed by atoms with Crippen molar-refractivity contribution in [2.45, 2.75) is 25.4 Å². The fraction of sp³-hybridized carbons (Fsp3) is 0.368. The van der Waals surface area contributed by atoms with Crippen LogP contribution >= 0.6 is 11.6 Å². The van der Waals surface area contributed by atoms with Crippen LogP contribution in [-0.4, -0.2) is 13.1 Å². The smallest absolute Gasteiger partial charge is 0.120 e. The van der Waals surface area contributed by atoms with Gasteiger partial charge in [0.2, 0.25) is 0 Å². The van der Waals surface area contributed by atoms with Gasteiger partial charge in [-0.2, -0.15) is 0 Å². The second kappa shape index (κ2) is 5.60. The molecule has 1 heterocycles. The summed E-state index contributed by atoms with van der Waals surface area (Å²) in [6.45, 7) is 5.14. The first kappa shape index (κ1) is 14.1. The lowest BCUT2D eigenvalue weighted by Crippen LogP contribution is -2.12. The highest BCUT2D eigenvalue weighted by molar-refractivity contribution is 6.30. The Kier molecular flexibility index (Phi) is 3.59. The van der Waals surface area contributed by atoms with Crippen molar-refractivity contribution < 1.29 is 4.74 Å². The molecule has 0 saturated carbocycles. The Hall–Kier alpha value is -1.51. The second-order valence-corrected chi connectivity index (χ2v) is 6.86. The van der Waals surface area contributed by atoms with Gasteiger partial charge in [0.15, 0.2) is 0 Å². The molecule has 3 unspecified atom stereocenters. The van der Waals surface area contributed by atoms with E-state index in [1.54, 1.807) is 0 Å². The summed E-state index contributed by atoms with van der Waals surface area (Å²) in [5.41, 5.74) is 4.08. The van der Waals surface area contributed by atoms with Crippen molar-refractivity contribution >= 4 is 11.6 Å². The van der Waals surface area contributed by atoms with Gasteiger partial charge in [0.05, 0.1) is 0 Å². The quantitative estimate of drug-likeness (QED) is 0.910. The third-order valence-corrected chi connectivity index (χ3v) is 5.38. The average Bonchev–Trinajstić information content (AvgIpc) is 3.09. The molecule has 0 bridgehead atoms.